The molecular weight excluding hydrogens is 382 g/mol. The molecule has 1 fully saturated rings. The number of carbonyl (C=O) groups excluding carboxylic acids is 1. The van der Waals surface area contributed by atoms with E-state index in [0.717, 1.165) is 38.0 Å². The monoisotopic (exact) mass is 413 g/mol. The highest BCUT2D eigenvalue weighted by atomic mass is 16.5. The van der Waals surface area contributed by atoms with Crippen LogP contribution in [-0.4, -0.2) is 58.9 Å². The molecule has 1 aromatic heterocycles. The zero-order chi connectivity index (χ0) is 21.3. The van der Waals surface area contributed by atoms with Gasteiger partial charge in [-0.25, -0.2) is 14.6 Å². The lowest BCUT2D eigenvalue weighted by atomic mass is 10.2. The lowest BCUT2D eigenvalue weighted by Crippen LogP contribution is -2.45. The Balaban J connectivity index is 1.38. The van der Waals surface area contributed by atoms with Gasteiger partial charge in [0.05, 0.1) is 18.8 Å². The molecule has 8 heteroatoms. The van der Waals surface area contributed by atoms with Crippen molar-refractivity contribution < 1.29 is 9.53 Å². The highest BCUT2D eigenvalue weighted by molar-refractivity contribution is 5.89. The molecule has 30 heavy (non-hydrogen) atoms. The number of nitrogens with zero attached hydrogens (tertiary/aromatic N) is 3. The van der Waals surface area contributed by atoms with E-state index in [-0.39, 0.29) is 23.9 Å². The van der Waals surface area contributed by atoms with Crippen LogP contribution in [0.15, 0.2) is 47.5 Å². The molecule has 2 amide bonds. The molecule has 2 aromatic rings. The molecule has 1 aliphatic heterocycles. The SMILES string of the molecule is CC1CN(CCCCNC(=O)Nc2cccc(Cn3cccnc3=O)c2)CC(C)O1. The van der Waals surface area contributed by atoms with Gasteiger partial charge in [0.1, 0.15) is 0 Å². The van der Waals surface area contributed by atoms with Gasteiger partial charge in [-0.05, 0) is 57.0 Å². The number of hydrogen-bond donors (Lipinski definition) is 2. The van der Waals surface area contributed by atoms with Gasteiger partial charge in [-0.15, -0.1) is 0 Å². The van der Waals surface area contributed by atoms with Crippen molar-refractivity contribution in [3.63, 3.8) is 0 Å². The molecule has 1 saturated heterocycles. The summed E-state index contributed by atoms with van der Waals surface area (Å²) in [6.07, 6.45) is 5.70. The Kier molecular flexibility index (Phi) is 7.98. The molecular formula is C22H31N5O3. The van der Waals surface area contributed by atoms with E-state index in [2.05, 4.69) is 34.4 Å². The molecule has 0 spiro atoms. The largest absolute Gasteiger partial charge is 0.373 e. The summed E-state index contributed by atoms with van der Waals surface area (Å²) in [6, 6.07) is 8.96. The van der Waals surface area contributed by atoms with Gasteiger partial charge in [-0.3, -0.25) is 9.47 Å². The van der Waals surface area contributed by atoms with E-state index in [1.807, 2.05) is 24.3 Å². The van der Waals surface area contributed by atoms with Crippen LogP contribution >= 0.6 is 0 Å². The first-order chi connectivity index (χ1) is 14.5. The van der Waals surface area contributed by atoms with Gasteiger partial charge in [0.25, 0.3) is 0 Å². The number of nitrogens with one attached hydrogen (secondary N) is 2. The van der Waals surface area contributed by atoms with Crippen LogP contribution in [0.4, 0.5) is 10.5 Å². The molecule has 0 saturated carbocycles. The highest BCUT2D eigenvalue weighted by Gasteiger charge is 2.21. The smallest absolute Gasteiger partial charge is 0.347 e. The predicted octanol–water partition coefficient (Wildman–Crippen LogP) is 2.30. The van der Waals surface area contributed by atoms with E-state index < -0.39 is 0 Å². The predicted molar refractivity (Wildman–Crippen MR) is 117 cm³/mol. The number of carbonyl (C=O) groups is 1. The van der Waals surface area contributed by atoms with Crippen LogP contribution < -0.4 is 16.3 Å². The molecule has 0 aliphatic carbocycles. The van der Waals surface area contributed by atoms with Crippen LogP contribution in [0.3, 0.4) is 0 Å². The van der Waals surface area contributed by atoms with Crippen LogP contribution in [0.5, 0.6) is 0 Å². The lowest BCUT2D eigenvalue weighted by Gasteiger charge is -2.35. The van der Waals surface area contributed by atoms with Crippen LogP contribution in [0.1, 0.15) is 32.3 Å². The second-order valence-electron chi connectivity index (χ2n) is 7.84. The van der Waals surface area contributed by atoms with Gasteiger partial charge in [0.15, 0.2) is 0 Å². The maximum atomic E-state index is 12.2. The standard InChI is InChI=1S/C22H31N5O3/c1-17-14-26(15-18(2)30-17)11-4-3-9-23-21(28)25-20-8-5-7-19(13-20)16-27-12-6-10-24-22(27)29/h5-8,10,12-13,17-18H,3-4,9,11,14-16H2,1-2H3,(H2,23,25,28). The fraction of sp³-hybridized carbons (Fsp3) is 0.500. The van der Waals surface area contributed by atoms with E-state index in [9.17, 15) is 9.59 Å². The number of aromatic nitrogens is 2. The van der Waals surface area contributed by atoms with Crippen LogP contribution in [0.25, 0.3) is 0 Å². The molecule has 1 aromatic carbocycles. The summed E-state index contributed by atoms with van der Waals surface area (Å²) in [4.78, 5) is 30.1. The van der Waals surface area contributed by atoms with Crippen molar-refractivity contribution >= 4 is 11.7 Å². The molecule has 2 unspecified atom stereocenters. The maximum Gasteiger partial charge on any atom is 0.347 e. The van der Waals surface area contributed by atoms with Crippen molar-refractivity contribution in [2.24, 2.45) is 0 Å². The van der Waals surface area contributed by atoms with E-state index in [1.165, 1.54) is 10.8 Å². The first-order valence-electron chi connectivity index (χ1n) is 10.5. The van der Waals surface area contributed by atoms with Gasteiger partial charge < -0.3 is 15.4 Å². The molecule has 2 atom stereocenters. The van der Waals surface area contributed by atoms with Crippen molar-refractivity contribution in [3.05, 3.63) is 58.8 Å². The molecule has 2 heterocycles. The Morgan fingerprint density at radius 1 is 1.20 bits per heavy atom. The van der Waals surface area contributed by atoms with Crippen LogP contribution in [0.2, 0.25) is 0 Å². The second kappa shape index (κ2) is 10.9. The van der Waals surface area contributed by atoms with Gasteiger partial charge >= 0.3 is 11.7 Å². The summed E-state index contributed by atoms with van der Waals surface area (Å²) in [6.45, 7) is 8.22. The topological polar surface area (TPSA) is 88.5 Å². The summed E-state index contributed by atoms with van der Waals surface area (Å²) >= 11 is 0. The maximum absolute atomic E-state index is 12.2. The number of amides is 2. The summed E-state index contributed by atoms with van der Waals surface area (Å²) in [5.41, 5.74) is 1.31. The molecule has 8 nitrogen and oxygen atoms in total. The lowest BCUT2D eigenvalue weighted by molar-refractivity contribution is -0.0681. The third kappa shape index (κ3) is 6.96. The minimum absolute atomic E-state index is 0.223. The fourth-order valence-corrected chi connectivity index (χ4v) is 3.76. The average Bonchev–Trinajstić information content (AvgIpc) is 2.69. The number of hydrogen-bond acceptors (Lipinski definition) is 5. The zero-order valence-electron chi connectivity index (χ0n) is 17.7. The molecule has 0 bridgehead atoms. The Morgan fingerprint density at radius 2 is 2.00 bits per heavy atom. The minimum atomic E-state index is -0.297. The third-order valence-corrected chi connectivity index (χ3v) is 5.00. The average molecular weight is 414 g/mol. The van der Waals surface area contributed by atoms with Gasteiger partial charge in [-0.1, -0.05) is 12.1 Å². The quantitative estimate of drug-likeness (QED) is 0.649. The number of unbranched alkanes of at least 4 members (excludes halogenated alkanes) is 1. The zero-order valence-corrected chi connectivity index (χ0v) is 17.7. The van der Waals surface area contributed by atoms with E-state index in [0.29, 0.717) is 18.8 Å². The Bertz CT molecular complexity index is 875. The van der Waals surface area contributed by atoms with Crippen molar-refractivity contribution in [2.75, 3.05) is 31.5 Å². The molecule has 0 radical (unpaired) electrons. The first-order valence-corrected chi connectivity index (χ1v) is 10.5. The van der Waals surface area contributed by atoms with Crippen molar-refractivity contribution in [2.45, 2.75) is 45.4 Å². The summed E-state index contributed by atoms with van der Waals surface area (Å²) in [7, 11) is 0. The number of urea groups is 1. The number of rotatable bonds is 8. The van der Waals surface area contributed by atoms with Crippen molar-refractivity contribution in [1.82, 2.24) is 19.8 Å². The summed E-state index contributed by atoms with van der Waals surface area (Å²) < 4.78 is 7.28. The summed E-state index contributed by atoms with van der Waals surface area (Å²) in [5.74, 6) is 0. The normalized spacial score (nSPS) is 19.4. The Labute approximate surface area is 177 Å². The number of anilines is 1. The Hall–Kier alpha value is -2.71. The van der Waals surface area contributed by atoms with Gasteiger partial charge in [0, 0.05) is 37.7 Å². The molecule has 2 N–H and O–H groups in total. The van der Waals surface area contributed by atoms with Crippen LogP contribution in [0, 0.1) is 0 Å². The van der Waals surface area contributed by atoms with Crippen molar-refractivity contribution in [1.29, 1.82) is 0 Å². The Morgan fingerprint density at radius 3 is 2.77 bits per heavy atom. The van der Waals surface area contributed by atoms with Crippen molar-refractivity contribution in [3.8, 4) is 0 Å². The minimum Gasteiger partial charge on any atom is -0.373 e. The fourth-order valence-electron chi connectivity index (χ4n) is 3.76. The van der Waals surface area contributed by atoms with Gasteiger partial charge in [-0.2, -0.15) is 0 Å². The third-order valence-electron chi connectivity index (χ3n) is 5.00. The van der Waals surface area contributed by atoms with Gasteiger partial charge in [0.2, 0.25) is 0 Å². The van der Waals surface area contributed by atoms with E-state index in [1.54, 1.807) is 12.3 Å². The summed E-state index contributed by atoms with van der Waals surface area (Å²) in [5, 5.41) is 5.76. The highest BCUT2D eigenvalue weighted by Crippen LogP contribution is 2.12. The van der Waals surface area contributed by atoms with Crippen LogP contribution in [-0.2, 0) is 11.3 Å². The van der Waals surface area contributed by atoms with E-state index in [4.69, 9.17) is 4.74 Å². The number of ether oxygens (including phenoxy) is 1. The molecule has 162 valence electrons. The second-order valence-corrected chi connectivity index (χ2v) is 7.84. The number of morpholine rings is 1. The first kappa shape index (κ1) is 22.0. The molecule has 3 rings (SSSR count). The number of benzene rings is 1. The van der Waals surface area contributed by atoms with E-state index >= 15 is 0 Å². The molecule has 1 aliphatic rings.